The Morgan fingerprint density at radius 2 is 1.96 bits per heavy atom. The number of carbonyl (C=O) groups is 1. The normalized spacial score (nSPS) is 24.2. The molecule has 2 rings (SSSR count). The minimum absolute atomic E-state index is 0.0909. The number of unbranched alkanes of at least 4 members (excludes halogenated alkanes) is 5. The Morgan fingerprint density at radius 3 is 2.71 bits per heavy atom. The van der Waals surface area contributed by atoms with E-state index in [-0.39, 0.29) is 18.3 Å². The third-order valence-corrected chi connectivity index (χ3v) is 5.62. The average Bonchev–Trinajstić information content (AvgIpc) is 2.89. The highest BCUT2D eigenvalue weighted by molar-refractivity contribution is 5.66. The number of aliphatic hydroxyl groups is 2. The molecule has 28 heavy (non-hydrogen) atoms. The van der Waals surface area contributed by atoms with Crippen LogP contribution in [0.25, 0.3) is 0 Å². The first kappa shape index (κ1) is 22.7. The van der Waals surface area contributed by atoms with Crippen molar-refractivity contribution in [2.24, 2.45) is 11.8 Å². The molecule has 2 aliphatic carbocycles. The Bertz CT molecular complexity index is 591. The van der Waals surface area contributed by atoms with E-state index < -0.39 is 18.2 Å². The number of carboxylic acids is 1. The summed E-state index contributed by atoms with van der Waals surface area (Å²) in [5, 5.41) is 29.1. The number of aliphatic carboxylic acids is 1. The van der Waals surface area contributed by atoms with E-state index in [1.54, 1.807) is 0 Å². The Kier molecular flexibility index (Phi) is 9.83. The van der Waals surface area contributed by atoms with Crippen LogP contribution in [0, 0.1) is 23.7 Å². The molecule has 0 spiro atoms. The summed E-state index contributed by atoms with van der Waals surface area (Å²) in [7, 11) is 0. The molecule has 0 bridgehead atoms. The SMILES string of the molecule is CCCCCCCCC(O)C#CC1CC2=C(NOCCCC(=O)O)CC2C1O. The second kappa shape index (κ2) is 12.1. The average molecular weight is 394 g/mol. The number of hydrogen-bond acceptors (Lipinski definition) is 5. The van der Waals surface area contributed by atoms with Crippen molar-refractivity contribution in [3.05, 3.63) is 11.3 Å². The number of hydroxylamine groups is 1. The fourth-order valence-corrected chi connectivity index (χ4v) is 3.88. The van der Waals surface area contributed by atoms with Crippen LogP contribution < -0.4 is 5.48 Å². The number of rotatable bonds is 13. The Hall–Kier alpha value is -1.55. The Labute approximate surface area is 168 Å². The largest absolute Gasteiger partial charge is 0.481 e. The maximum atomic E-state index is 10.5. The molecule has 4 atom stereocenters. The summed E-state index contributed by atoms with van der Waals surface area (Å²) in [6.45, 7) is 2.54. The maximum absolute atomic E-state index is 10.5. The van der Waals surface area contributed by atoms with Crippen molar-refractivity contribution >= 4 is 5.97 Å². The lowest BCUT2D eigenvalue weighted by Crippen LogP contribution is -2.32. The van der Waals surface area contributed by atoms with Crippen molar-refractivity contribution < 1.29 is 25.0 Å². The van der Waals surface area contributed by atoms with Crippen LogP contribution in [0.5, 0.6) is 0 Å². The minimum Gasteiger partial charge on any atom is -0.481 e. The summed E-state index contributed by atoms with van der Waals surface area (Å²) in [4.78, 5) is 15.8. The molecule has 6 nitrogen and oxygen atoms in total. The molecule has 0 heterocycles. The van der Waals surface area contributed by atoms with Gasteiger partial charge in [0.1, 0.15) is 6.10 Å². The number of nitrogens with one attached hydrogen (secondary N) is 1. The number of hydrogen-bond donors (Lipinski definition) is 4. The van der Waals surface area contributed by atoms with Gasteiger partial charge in [0.05, 0.1) is 18.6 Å². The van der Waals surface area contributed by atoms with Crippen LogP contribution in [0.15, 0.2) is 11.3 Å². The Balaban J connectivity index is 1.67. The molecule has 6 heteroatoms. The zero-order valence-electron chi connectivity index (χ0n) is 17.0. The number of allylic oxidation sites excluding steroid dienone is 1. The quantitative estimate of drug-likeness (QED) is 0.218. The second-order valence-corrected chi connectivity index (χ2v) is 7.92. The van der Waals surface area contributed by atoms with Gasteiger partial charge in [-0.1, -0.05) is 50.9 Å². The van der Waals surface area contributed by atoms with Gasteiger partial charge in [-0.2, -0.15) is 0 Å². The predicted octanol–water partition coefficient (Wildman–Crippen LogP) is 3.14. The molecule has 0 radical (unpaired) electrons. The van der Waals surface area contributed by atoms with Crippen molar-refractivity contribution in [2.45, 2.75) is 89.8 Å². The third-order valence-electron chi connectivity index (χ3n) is 5.62. The molecule has 0 amide bonds. The van der Waals surface area contributed by atoms with Gasteiger partial charge in [-0.25, -0.2) is 0 Å². The summed E-state index contributed by atoms with van der Waals surface area (Å²) in [5.74, 6) is 5.18. The molecule has 0 aromatic heterocycles. The Morgan fingerprint density at radius 1 is 1.21 bits per heavy atom. The van der Waals surface area contributed by atoms with Crippen molar-refractivity contribution in [2.75, 3.05) is 6.61 Å². The summed E-state index contributed by atoms with van der Waals surface area (Å²) < 4.78 is 0. The van der Waals surface area contributed by atoms with Crippen LogP contribution >= 0.6 is 0 Å². The lowest BCUT2D eigenvalue weighted by Gasteiger charge is -2.30. The van der Waals surface area contributed by atoms with E-state index in [9.17, 15) is 15.0 Å². The van der Waals surface area contributed by atoms with Crippen LogP contribution in [0.2, 0.25) is 0 Å². The fraction of sp³-hybridized carbons (Fsp3) is 0.773. The summed E-state index contributed by atoms with van der Waals surface area (Å²) in [6.07, 6.45) is 8.73. The lowest BCUT2D eigenvalue weighted by molar-refractivity contribution is -0.137. The van der Waals surface area contributed by atoms with E-state index in [1.165, 1.54) is 25.7 Å². The summed E-state index contributed by atoms with van der Waals surface area (Å²) in [5.41, 5.74) is 5.03. The van der Waals surface area contributed by atoms with Gasteiger partial charge in [0.25, 0.3) is 0 Å². The first-order chi connectivity index (χ1) is 13.5. The van der Waals surface area contributed by atoms with Crippen LogP contribution in [-0.4, -0.2) is 40.1 Å². The molecule has 4 unspecified atom stereocenters. The maximum Gasteiger partial charge on any atom is 0.303 e. The first-order valence-corrected chi connectivity index (χ1v) is 10.7. The minimum atomic E-state index is -0.826. The third kappa shape index (κ3) is 7.12. The van der Waals surface area contributed by atoms with E-state index in [4.69, 9.17) is 9.94 Å². The second-order valence-electron chi connectivity index (χ2n) is 7.92. The van der Waals surface area contributed by atoms with Crippen LogP contribution in [0.1, 0.15) is 77.6 Å². The molecule has 0 aliphatic heterocycles. The van der Waals surface area contributed by atoms with E-state index in [0.29, 0.717) is 25.9 Å². The molecule has 2 aliphatic rings. The van der Waals surface area contributed by atoms with Gasteiger partial charge in [0, 0.05) is 18.0 Å². The zero-order valence-corrected chi connectivity index (χ0v) is 17.0. The standard InChI is InChI=1S/C22H35NO5/c1-2-3-4-5-6-7-9-17(24)12-11-16-14-18-19(22(16)27)15-20(18)23-28-13-8-10-21(25)26/h16-17,19,22-24,27H,2-10,13-15H2,1H3,(H,25,26). The molecule has 4 N–H and O–H groups in total. The van der Waals surface area contributed by atoms with Crippen LogP contribution in [0.4, 0.5) is 0 Å². The van der Waals surface area contributed by atoms with Crippen molar-refractivity contribution in [1.29, 1.82) is 0 Å². The van der Waals surface area contributed by atoms with Crippen molar-refractivity contribution in [3.63, 3.8) is 0 Å². The van der Waals surface area contributed by atoms with E-state index in [1.807, 2.05) is 0 Å². The highest BCUT2D eigenvalue weighted by Crippen LogP contribution is 2.48. The molecular weight excluding hydrogens is 358 g/mol. The molecular formula is C22H35NO5. The number of aliphatic hydroxyl groups excluding tert-OH is 2. The smallest absolute Gasteiger partial charge is 0.303 e. The zero-order chi connectivity index (χ0) is 20.4. The van der Waals surface area contributed by atoms with Gasteiger partial charge >= 0.3 is 5.97 Å². The van der Waals surface area contributed by atoms with Crippen molar-refractivity contribution in [3.8, 4) is 11.8 Å². The highest BCUT2D eigenvalue weighted by Gasteiger charge is 2.45. The lowest BCUT2D eigenvalue weighted by atomic mass is 9.83. The molecule has 0 aromatic carbocycles. The van der Waals surface area contributed by atoms with Gasteiger partial charge in [-0.15, -0.1) is 0 Å². The van der Waals surface area contributed by atoms with Crippen LogP contribution in [-0.2, 0) is 9.63 Å². The first-order valence-electron chi connectivity index (χ1n) is 10.7. The monoisotopic (exact) mass is 393 g/mol. The summed E-state index contributed by atoms with van der Waals surface area (Å²) in [6, 6.07) is 0. The number of carboxylic acid groups (broad SMARTS) is 1. The number of fused-ring (bicyclic) bond motifs is 1. The van der Waals surface area contributed by atoms with Gasteiger partial charge in [0.2, 0.25) is 0 Å². The van der Waals surface area contributed by atoms with Gasteiger partial charge in [0.15, 0.2) is 0 Å². The molecule has 0 saturated heterocycles. The fourth-order valence-electron chi connectivity index (χ4n) is 3.88. The van der Waals surface area contributed by atoms with E-state index >= 15 is 0 Å². The van der Waals surface area contributed by atoms with Crippen molar-refractivity contribution in [1.82, 2.24) is 5.48 Å². The van der Waals surface area contributed by atoms with Crippen LogP contribution in [0.3, 0.4) is 0 Å². The topological polar surface area (TPSA) is 99.0 Å². The molecule has 158 valence electrons. The highest BCUT2D eigenvalue weighted by atomic mass is 16.6. The predicted molar refractivity (Wildman–Crippen MR) is 107 cm³/mol. The molecule has 1 saturated carbocycles. The van der Waals surface area contributed by atoms with E-state index in [0.717, 1.165) is 30.5 Å². The molecule has 0 aromatic rings. The van der Waals surface area contributed by atoms with Gasteiger partial charge in [-0.05, 0) is 37.7 Å². The summed E-state index contributed by atoms with van der Waals surface area (Å²) >= 11 is 0. The van der Waals surface area contributed by atoms with Gasteiger partial charge in [-0.3, -0.25) is 15.1 Å². The van der Waals surface area contributed by atoms with E-state index in [2.05, 4.69) is 24.2 Å². The molecule has 1 fully saturated rings. The van der Waals surface area contributed by atoms with Gasteiger partial charge < -0.3 is 15.3 Å².